The highest BCUT2D eigenvalue weighted by molar-refractivity contribution is 5.01. The normalized spacial score (nSPS) is 26.4. The molecule has 0 N–H and O–H groups in total. The van der Waals surface area contributed by atoms with Gasteiger partial charge in [0.25, 0.3) is 0 Å². The van der Waals surface area contributed by atoms with Crippen LogP contribution < -0.4 is 0 Å². The standard InChI is InChI=1S/C21H37N5/c1-17(2)19(20-22-23-24-26(20)18-10-5-3-6-11-18)25-15-9-14-21(16-25)12-7-4-8-13-21/h17-19H,3-16H2,1-2H3/t19-/m1/s1. The lowest BCUT2D eigenvalue weighted by Crippen LogP contribution is -2.47. The maximum absolute atomic E-state index is 4.58. The first-order valence-corrected chi connectivity index (χ1v) is 11.2. The van der Waals surface area contributed by atoms with E-state index in [1.807, 2.05) is 0 Å². The number of piperidine rings is 1. The molecule has 0 unspecified atom stereocenters. The van der Waals surface area contributed by atoms with Crippen molar-refractivity contribution in [3.63, 3.8) is 0 Å². The monoisotopic (exact) mass is 359 g/mol. The molecule has 3 fully saturated rings. The second-order valence-corrected chi connectivity index (χ2v) is 9.60. The lowest BCUT2D eigenvalue weighted by Gasteiger charge is -2.48. The third kappa shape index (κ3) is 3.69. The number of rotatable bonds is 4. The van der Waals surface area contributed by atoms with Gasteiger partial charge in [0.05, 0.1) is 12.1 Å². The van der Waals surface area contributed by atoms with Crippen LogP contribution in [0.15, 0.2) is 0 Å². The first-order valence-electron chi connectivity index (χ1n) is 11.2. The van der Waals surface area contributed by atoms with Gasteiger partial charge in [-0.2, -0.15) is 0 Å². The summed E-state index contributed by atoms with van der Waals surface area (Å²) in [5.74, 6) is 1.68. The molecule has 1 aliphatic heterocycles. The van der Waals surface area contributed by atoms with Gasteiger partial charge in [-0.05, 0) is 66.8 Å². The zero-order chi connectivity index (χ0) is 18.0. The van der Waals surface area contributed by atoms with E-state index < -0.39 is 0 Å². The molecular formula is C21H37N5. The summed E-state index contributed by atoms with van der Waals surface area (Å²) in [4.78, 5) is 2.75. The van der Waals surface area contributed by atoms with Crippen LogP contribution in [0, 0.1) is 11.3 Å². The van der Waals surface area contributed by atoms with Crippen molar-refractivity contribution in [3.05, 3.63) is 5.82 Å². The van der Waals surface area contributed by atoms with Crippen molar-refractivity contribution in [2.45, 2.75) is 103 Å². The Labute approximate surface area is 158 Å². The minimum atomic E-state index is 0.367. The zero-order valence-electron chi connectivity index (χ0n) is 16.9. The second-order valence-electron chi connectivity index (χ2n) is 9.60. The van der Waals surface area contributed by atoms with Gasteiger partial charge in [-0.15, -0.1) is 5.10 Å². The molecule has 1 aromatic heterocycles. The molecule has 0 aromatic carbocycles. The van der Waals surface area contributed by atoms with Crippen LogP contribution in [0.5, 0.6) is 0 Å². The van der Waals surface area contributed by atoms with Crippen LogP contribution in [-0.2, 0) is 0 Å². The quantitative estimate of drug-likeness (QED) is 0.765. The minimum Gasteiger partial charge on any atom is -0.293 e. The topological polar surface area (TPSA) is 46.8 Å². The fraction of sp³-hybridized carbons (Fsp3) is 0.952. The lowest BCUT2D eigenvalue weighted by molar-refractivity contribution is 0.0103. The van der Waals surface area contributed by atoms with E-state index in [-0.39, 0.29) is 0 Å². The number of nitrogens with zero attached hydrogens (tertiary/aromatic N) is 5. The Balaban J connectivity index is 1.57. The molecule has 5 heteroatoms. The van der Waals surface area contributed by atoms with E-state index in [0.29, 0.717) is 23.4 Å². The van der Waals surface area contributed by atoms with Crippen LogP contribution in [0.25, 0.3) is 0 Å². The molecule has 2 aliphatic carbocycles. The van der Waals surface area contributed by atoms with Crippen LogP contribution in [0.4, 0.5) is 0 Å². The van der Waals surface area contributed by atoms with Crippen LogP contribution in [0.1, 0.15) is 109 Å². The molecule has 1 saturated heterocycles. The van der Waals surface area contributed by atoms with E-state index >= 15 is 0 Å². The van der Waals surface area contributed by atoms with E-state index in [9.17, 15) is 0 Å². The Kier molecular flexibility index (Phi) is 5.63. The molecule has 26 heavy (non-hydrogen) atoms. The molecule has 2 saturated carbocycles. The minimum absolute atomic E-state index is 0.367. The van der Waals surface area contributed by atoms with Gasteiger partial charge in [0.1, 0.15) is 0 Å². The van der Waals surface area contributed by atoms with E-state index in [0.717, 1.165) is 5.82 Å². The fourth-order valence-corrected chi connectivity index (χ4v) is 6.06. The summed E-state index contributed by atoms with van der Waals surface area (Å²) in [6.07, 6.45) is 16.4. The van der Waals surface area contributed by atoms with Gasteiger partial charge >= 0.3 is 0 Å². The summed E-state index contributed by atoms with van der Waals surface area (Å²) in [6.45, 7) is 7.18. The third-order valence-corrected chi connectivity index (χ3v) is 7.33. The van der Waals surface area contributed by atoms with Crippen molar-refractivity contribution in [1.29, 1.82) is 0 Å². The molecule has 3 aliphatic rings. The van der Waals surface area contributed by atoms with E-state index in [4.69, 9.17) is 0 Å². The van der Waals surface area contributed by atoms with E-state index in [2.05, 4.69) is 39.0 Å². The molecule has 0 radical (unpaired) electrons. The van der Waals surface area contributed by atoms with Gasteiger partial charge in [-0.1, -0.05) is 52.4 Å². The smallest absolute Gasteiger partial charge is 0.168 e. The van der Waals surface area contributed by atoms with Gasteiger partial charge in [0.15, 0.2) is 5.82 Å². The van der Waals surface area contributed by atoms with E-state index in [1.54, 1.807) is 0 Å². The summed E-state index contributed by atoms with van der Waals surface area (Å²) in [7, 11) is 0. The van der Waals surface area contributed by atoms with Crippen LogP contribution >= 0.6 is 0 Å². The maximum Gasteiger partial charge on any atom is 0.168 e. The Bertz CT molecular complexity index is 563. The Morgan fingerprint density at radius 3 is 2.35 bits per heavy atom. The molecule has 0 bridgehead atoms. The summed E-state index contributed by atoms with van der Waals surface area (Å²) in [5, 5.41) is 13.2. The van der Waals surface area contributed by atoms with Gasteiger partial charge < -0.3 is 0 Å². The lowest BCUT2D eigenvalue weighted by atomic mass is 9.69. The van der Waals surface area contributed by atoms with Crippen LogP contribution in [0.2, 0.25) is 0 Å². The molecule has 1 spiro atoms. The maximum atomic E-state index is 4.58. The molecule has 2 heterocycles. The molecule has 1 aromatic rings. The second kappa shape index (κ2) is 7.95. The summed E-state index contributed by atoms with van der Waals surface area (Å²) in [5.41, 5.74) is 0.576. The van der Waals surface area contributed by atoms with Gasteiger partial charge in [-0.25, -0.2) is 4.68 Å². The largest absolute Gasteiger partial charge is 0.293 e. The number of tetrazole rings is 1. The number of aromatic nitrogens is 4. The SMILES string of the molecule is CC(C)[C@H](c1nnnn1C1CCCCC1)N1CCCC2(CCCCC2)C1. The van der Waals surface area contributed by atoms with Crippen molar-refractivity contribution in [2.75, 3.05) is 13.1 Å². The Hall–Kier alpha value is -0.970. The van der Waals surface area contributed by atoms with Gasteiger partial charge in [0.2, 0.25) is 0 Å². The highest BCUT2D eigenvalue weighted by Gasteiger charge is 2.41. The first kappa shape index (κ1) is 18.4. The predicted molar refractivity (Wildman–Crippen MR) is 104 cm³/mol. The average molecular weight is 360 g/mol. The average Bonchev–Trinajstić information content (AvgIpc) is 3.12. The van der Waals surface area contributed by atoms with Crippen LogP contribution in [-0.4, -0.2) is 38.2 Å². The third-order valence-electron chi connectivity index (χ3n) is 7.33. The highest BCUT2D eigenvalue weighted by atomic mass is 15.6. The molecule has 146 valence electrons. The van der Waals surface area contributed by atoms with Crippen molar-refractivity contribution in [3.8, 4) is 0 Å². The van der Waals surface area contributed by atoms with Crippen molar-refractivity contribution >= 4 is 0 Å². The summed E-state index contributed by atoms with van der Waals surface area (Å²) in [6, 6.07) is 0.884. The molecule has 5 nitrogen and oxygen atoms in total. The fourth-order valence-electron chi connectivity index (χ4n) is 6.06. The Morgan fingerprint density at radius 1 is 0.923 bits per heavy atom. The van der Waals surface area contributed by atoms with Crippen molar-refractivity contribution in [2.24, 2.45) is 11.3 Å². The van der Waals surface area contributed by atoms with Gasteiger partial charge in [-0.3, -0.25) is 4.90 Å². The van der Waals surface area contributed by atoms with E-state index in [1.165, 1.54) is 90.1 Å². The number of likely N-dealkylation sites (tertiary alicyclic amines) is 1. The van der Waals surface area contributed by atoms with Crippen molar-refractivity contribution < 1.29 is 0 Å². The summed E-state index contributed by atoms with van der Waals surface area (Å²) < 4.78 is 2.21. The summed E-state index contributed by atoms with van der Waals surface area (Å²) >= 11 is 0. The molecule has 4 rings (SSSR count). The van der Waals surface area contributed by atoms with Crippen LogP contribution in [0.3, 0.4) is 0 Å². The van der Waals surface area contributed by atoms with Gasteiger partial charge in [0, 0.05) is 6.54 Å². The van der Waals surface area contributed by atoms with Crippen molar-refractivity contribution in [1.82, 2.24) is 25.1 Å². The predicted octanol–water partition coefficient (Wildman–Crippen LogP) is 4.92. The highest BCUT2D eigenvalue weighted by Crippen LogP contribution is 2.46. The molecular weight excluding hydrogens is 322 g/mol. The number of hydrogen-bond acceptors (Lipinski definition) is 4. The Morgan fingerprint density at radius 2 is 1.62 bits per heavy atom. The number of hydrogen-bond donors (Lipinski definition) is 0. The molecule has 0 amide bonds. The zero-order valence-corrected chi connectivity index (χ0v) is 16.9. The first-order chi connectivity index (χ1) is 12.7. The molecule has 1 atom stereocenters.